The minimum atomic E-state index is -0.461. The molecule has 0 N–H and O–H groups in total. The predicted molar refractivity (Wildman–Crippen MR) is 169 cm³/mol. The van der Waals surface area contributed by atoms with Crippen molar-refractivity contribution in [2.45, 2.75) is 26.7 Å². The molecule has 0 spiro atoms. The molecule has 0 aliphatic carbocycles. The number of carbonyl (C=O) groups is 1. The van der Waals surface area contributed by atoms with Gasteiger partial charge in [-0.15, -0.1) is 0 Å². The van der Waals surface area contributed by atoms with Crippen LogP contribution in [0.15, 0.2) is 58.4 Å². The molecule has 0 aliphatic rings. The predicted octanol–water partition coefficient (Wildman–Crippen LogP) is 6.15. The molecule has 0 unspecified atom stereocenters. The summed E-state index contributed by atoms with van der Waals surface area (Å²) in [6.45, 7) is 5.97. The Morgan fingerprint density at radius 2 is 1.79 bits per heavy atom. The molecule has 0 atom stereocenters. The molecule has 10 heteroatoms. The zero-order valence-corrected chi connectivity index (χ0v) is 26.4. The van der Waals surface area contributed by atoms with E-state index in [4.69, 9.17) is 14.5 Å². The van der Waals surface area contributed by atoms with E-state index in [0.29, 0.717) is 22.5 Å². The quantitative estimate of drug-likeness (QED) is 0.122. The maximum atomic E-state index is 13.7. The summed E-state index contributed by atoms with van der Waals surface area (Å²) in [5.41, 5.74) is 3.82. The molecule has 8 nitrogen and oxygen atoms in total. The van der Waals surface area contributed by atoms with E-state index >= 15 is 0 Å². The van der Waals surface area contributed by atoms with Crippen LogP contribution in [0.2, 0.25) is 0 Å². The third-order valence-corrected chi connectivity index (χ3v) is 7.70. The Balaban J connectivity index is 1.86. The molecule has 1 heterocycles. The standard InChI is InChI=1S/C29H27I2N3O5/c1-16(2)20-13-21(17(3)10-25(20)37-4)28-33-24-9-7-6-8-19(24)29(36)34(28)32-14-18-11-22(30)27(23(31)12-18)39-15-26(35)38-5/h6-14,16H,15H2,1-5H3. The SMILES string of the molecule is COC(=O)COc1c(I)cc(C=Nn2c(-c3cc(C(C)C)c(OC)cc3C)nc3ccccc3c2=O)cc1I. The van der Waals surface area contributed by atoms with Gasteiger partial charge in [0.15, 0.2) is 12.4 Å². The number of rotatable bonds is 8. The van der Waals surface area contributed by atoms with Crippen molar-refractivity contribution in [3.8, 4) is 22.9 Å². The number of halogens is 2. The highest BCUT2D eigenvalue weighted by Gasteiger charge is 2.18. The van der Waals surface area contributed by atoms with Crippen molar-refractivity contribution in [2.24, 2.45) is 5.10 Å². The molecule has 3 aromatic carbocycles. The van der Waals surface area contributed by atoms with E-state index in [9.17, 15) is 9.59 Å². The zero-order chi connectivity index (χ0) is 28.3. The van der Waals surface area contributed by atoms with Gasteiger partial charge in [-0.05, 0) is 111 Å². The molecule has 0 bridgehead atoms. The van der Waals surface area contributed by atoms with Crippen molar-refractivity contribution in [3.05, 3.63) is 82.7 Å². The van der Waals surface area contributed by atoms with E-state index in [1.54, 1.807) is 19.4 Å². The minimum Gasteiger partial charge on any atom is -0.496 e. The van der Waals surface area contributed by atoms with Gasteiger partial charge in [-0.3, -0.25) is 4.79 Å². The van der Waals surface area contributed by atoms with Crippen LogP contribution >= 0.6 is 45.2 Å². The summed E-state index contributed by atoms with van der Waals surface area (Å²) in [6.07, 6.45) is 1.62. The van der Waals surface area contributed by atoms with Gasteiger partial charge in [0.1, 0.15) is 11.5 Å². The topological polar surface area (TPSA) is 92.0 Å². The molecular weight excluding hydrogens is 724 g/mol. The smallest absolute Gasteiger partial charge is 0.343 e. The molecule has 0 amide bonds. The number of methoxy groups -OCH3 is 2. The fraction of sp³-hybridized carbons (Fsp3) is 0.241. The van der Waals surface area contributed by atoms with Crippen molar-refractivity contribution >= 4 is 68.3 Å². The molecule has 0 fully saturated rings. The Kier molecular flexibility index (Phi) is 9.26. The third kappa shape index (κ3) is 6.26. The van der Waals surface area contributed by atoms with E-state index in [0.717, 1.165) is 35.1 Å². The molecule has 1 aromatic heterocycles. The second-order valence-electron chi connectivity index (χ2n) is 9.06. The lowest BCUT2D eigenvalue weighted by atomic mass is 9.96. The van der Waals surface area contributed by atoms with Crippen LogP contribution in [0.5, 0.6) is 11.5 Å². The molecule has 202 valence electrons. The third-order valence-electron chi connectivity index (χ3n) is 6.10. The van der Waals surface area contributed by atoms with Gasteiger partial charge < -0.3 is 14.2 Å². The summed E-state index contributed by atoms with van der Waals surface area (Å²) in [4.78, 5) is 30.1. The maximum absolute atomic E-state index is 13.7. The summed E-state index contributed by atoms with van der Waals surface area (Å²) in [7, 11) is 2.97. The van der Waals surface area contributed by atoms with Gasteiger partial charge in [0, 0.05) is 5.56 Å². The van der Waals surface area contributed by atoms with E-state index in [2.05, 4.69) is 68.9 Å². The summed E-state index contributed by atoms with van der Waals surface area (Å²) in [5.74, 6) is 1.56. The lowest BCUT2D eigenvalue weighted by molar-refractivity contribution is -0.142. The van der Waals surface area contributed by atoms with Crippen molar-refractivity contribution in [3.63, 3.8) is 0 Å². The number of para-hydroxylation sites is 1. The summed E-state index contributed by atoms with van der Waals surface area (Å²) in [5, 5.41) is 5.10. The number of hydrogen-bond donors (Lipinski definition) is 0. The van der Waals surface area contributed by atoms with Crippen LogP contribution in [0.1, 0.15) is 36.5 Å². The molecular formula is C29H27I2N3O5. The largest absolute Gasteiger partial charge is 0.496 e. The number of nitrogens with zero attached hydrogens (tertiary/aromatic N) is 3. The Morgan fingerprint density at radius 3 is 2.44 bits per heavy atom. The van der Waals surface area contributed by atoms with Gasteiger partial charge >= 0.3 is 5.97 Å². The lowest BCUT2D eigenvalue weighted by Gasteiger charge is -2.17. The monoisotopic (exact) mass is 751 g/mol. The molecule has 0 radical (unpaired) electrons. The summed E-state index contributed by atoms with van der Waals surface area (Å²) >= 11 is 4.29. The number of aryl methyl sites for hydroxylation is 1. The minimum absolute atomic E-state index is 0.184. The molecule has 0 saturated carbocycles. The average molecular weight is 751 g/mol. The van der Waals surface area contributed by atoms with Crippen molar-refractivity contribution in [2.75, 3.05) is 20.8 Å². The fourth-order valence-corrected chi connectivity index (χ4v) is 6.21. The fourth-order valence-electron chi connectivity index (χ4n) is 4.08. The van der Waals surface area contributed by atoms with Gasteiger partial charge in [0.25, 0.3) is 5.56 Å². The van der Waals surface area contributed by atoms with E-state index < -0.39 is 5.97 Å². The van der Waals surface area contributed by atoms with Crippen molar-refractivity contribution in [1.29, 1.82) is 0 Å². The molecule has 0 saturated heterocycles. The van der Waals surface area contributed by atoms with E-state index in [1.807, 2.05) is 49.4 Å². The van der Waals surface area contributed by atoms with Crippen LogP contribution in [0, 0.1) is 14.1 Å². The van der Waals surface area contributed by atoms with Crippen LogP contribution in [0.4, 0.5) is 0 Å². The second kappa shape index (κ2) is 12.5. The lowest BCUT2D eigenvalue weighted by Crippen LogP contribution is -2.21. The first-order valence-electron chi connectivity index (χ1n) is 12.1. The Hall–Kier alpha value is -3.00. The maximum Gasteiger partial charge on any atom is 0.343 e. The van der Waals surface area contributed by atoms with Crippen molar-refractivity contribution < 1.29 is 19.0 Å². The van der Waals surface area contributed by atoms with Gasteiger partial charge in [-0.1, -0.05) is 26.0 Å². The summed E-state index contributed by atoms with van der Waals surface area (Å²) in [6, 6.07) is 15.0. The van der Waals surface area contributed by atoms with Gasteiger partial charge in [0.05, 0.1) is 38.5 Å². The van der Waals surface area contributed by atoms with E-state index in [-0.39, 0.29) is 18.1 Å². The first-order valence-corrected chi connectivity index (χ1v) is 14.2. The van der Waals surface area contributed by atoms with Gasteiger partial charge in [-0.25, -0.2) is 9.78 Å². The van der Waals surface area contributed by atoms with Crippen LogP contribution in [0.3, 0.4) is 0 Å². The zero-order valence-electron chi connectivity index (χ0n) is 22.1. The number of fused-ring (bicyclic) bond motifs is 1. The highest BCUT2D eigenvalue weighted by molar-refractivity contribution is 14.1. The van der Waals surface area contributed by atoms with Crippen LogP contribution < -0.4 is 15.0 Å². The Labute approximate surface area is 253 Å². The van der Waals surface area contributed by atoms with Crippen molar-refractivity contribution in [1.82, 2.24) is 9.66 Å². The number of ether oxygens (including phenoxy) is 3. The average Bonchev–Trinajstić information content (AvgIpc) is 2.91. The van der Waals surface area contributed by atoms with Crippen LogP contribution in [-0.4, -0.2) is 42.7 Å². The number of esters is 1. The first kappa shape index (κ1) is 29.0. The highest BCUT2D eigenvalue weighted by Crippen LogP contribution is 2.34. The van der Waals surface area contributed by atoms with Gasteiger partial charge in [0.2, 0.25) is 0 Å². The number of hydrogen-bond acceptors (Lipinski definition) is 7. The Morgan fingerprint density at radius 1 is 1.10 bits per heavy atom. The number of aromatic nitrogens is 2. The highest BCUT2D eigenvalue weighted by atomic mass is 127. The molecule has 4 rings (SSSR count). The Bertz CT molecular complexity index is 1620. The normalized spacial score (nSPS) is 11.4. The molecule has 0 aliphatic heterocycles. The first-order chi connectivity index (χ1) is 18.6. The van der Waals surface area contributed by atoms with Gasteiger partial charge in [-0.2, -0.15) is 9.78 Å². The second-order valence-corrected chi connectivity index (χ2v) is 11.4. The van der Waals surface area contributed by atoms with E-state index in [1.165, 1.54) is 11.8 Å². The number of benzene rings is 3. The number of carbonyl (C=O) groups excluding carboxylic acids is 1. The molecule has 4 aromatic rings. The van der Waals surface area contributed by atoms with Crippen LogP contribution in [0.25, 0.3) is 22.3 Å². The van der Waals surface area contributed by atoms with Crippen LogP contribution in [-0.2, 0) is 9.53 Å². The summed E-state index contributed by atoms with van der Waals surface area (Å²) < 4.78 is 18.9. The molecule has 39 heavy (non-hydrogen) atoms.